The summed E-state index contributed by atoms with van der Waals surface area (Å²) in [6.45, 7) is 0. The third-order valence-electron chi connectivity index (χ3n) is 3.55. The summed E-state index contributed by atoms with van der Waals surface area (Å²) < 4.78 is 1.93. The van der Waals surface area contributed by atoms with Crippen molar-refractivity contribution < 1.29 is 0 Å². The van der Waals surface area contributed by atoms with Gasteiger partial charge in [-0.3, -0.25) is 4.98 Å². The van der Waals surface area contributed by atoms with Crippen LogP contribution in [0.3, 0.4) is 0 Å². The molecule has 5 heteroatoms. The van der Waals surface area contributed by atoms with Gasteiger partial charge in [-0.25, -0.2) is 9.97 Å². The van der Waals surface area contributed by atoms with Gasteiger partial charge in [-0.15, -0.1) is 0 Å². The number of rotatable bonds is 4. The molecule has 0 spiro atoms. The highest BCUT2D eigenvalue weighted by Gasteiger charge is 2.24. The maximum absolute atomic E-state index is 4.64. The van der Waals surface area contributed by atoms with Crippen LogP contribution in [0.15, 0.2) is 55.2 Å². The van der Waals surface area contributed by atoms with Crippen LogP contribution in [-0.2, 0) is 0 Å². The lowest BCUT2D eigenvalue weighted by Crippen LogP contribution is -1.96. The number of anilines is 2. The molecule has 3 heterocycles. The zero-order valence-electron chi connectivity index (χ0n) is 11.5. The lowest BCUT2D eigenvalue weighted by atomic mass is 10.2. The normalized spacial score (nSPS) is 14.1. The van der Waals surface area contributed by atoms with Gasteiger partial charge < -0.3 is 9.88 Å². The van der Waals surface area contributed by atoms with Crippen molar-refractivity contribution in [3.8, 4) is 5.69 Å². The number of hydrogen-bond acceptors (Lipinski definition) is 4. The van der Waals surface area contributed by atoms with Gasteiger partial charge in [0.2, 0.25) is 0 Å². The minimum atomic E-state index is 0.653. The molecule has 104 valence electrons. The maximum atomic E-state index is 4.64. The molecule has 0 bridgehead atoms. The van der Waals surface area contributed by atoms with Crippen LogP contribution in [0.2, 0.25) is 0 Å². The van der Waals surface area contributed by atoms with E-state index in [1.54, 1.807) is 18.7 Å². The zero-order valence-corrected chi connectivity index (χ0v) is 11.5. The van der Waals surface area contributed by atoms with Gasteiger partial charge in [0.1, 0.15) is 18.0 Å². The van der Waals surface area contributed by atoms with Gasteiger partial charge >= 0.3 is 0 Å². The van der Waals surface area contributed by atoms with Crippen LogP contribution in [0.1, 0.15) is 24.5 Å². The molecule has 1 N–H and O–H groups in total. The molecule has 0 unspecified atom stereocenters. The Morgan fingerprint density at radius 1 is 1.10 bits per heavy atom. The topological polar surface area (TPSA) is 55.6 Å². The molecule has 4 rings (SSSR count). The molecular weight excluding hydrogens is 262 g/mol. The van der Waals surface area contributed by atoms with Gasteiger partial charge in [0.05, 0.1) is 18.1 Å². The van der Waals surface area contributed by atoms with Gasteiger partial charge in [-0.2, -0.15) is 0 Å². The maximum Gasteiger partial charge on any atom is 0.150 e. The minimum Gasteiger partial charge on any atom is -0.324 e. The average molecular weight is 277 g/mol. The van der Waals surface area contributed by atoms with E-state index in [2.05, 4.69) is 26.3 Å². The molecule has 3 aromatic heterocycles. The Kier molecular flexibility index (Phi) is 2.88. The number of aromatic nitrogens is 4. The van der Waals surface area contributed by atoms with Crippen molar-refractivity contribution in [2.75, 3.05) is 5.32 Å². The van der Waals surface area contributed by atoms with Gasteiger partial charge in [0.15, 0.2) is 0 Å². The first kappa shape index (κ1) is 12.1. The monoisotopic (exact) mass is 277 g/mol. The lowest BCUT2D eigenvalue weighted by Gasteiger charge is -2.04. The molecule has 0 radical (unpaired) electrons. The van der Waals surface area contributed by atoms with Crippen LogP contribution in [0.4, 0.5) is 11.6 Å². The number of pyridine rings is 2. The molecule has 1 aliphatic carbocycles. The Labute approximate surface area is 122 Å². The average Bonchev–Trinajstić information content (AvgIpc) is 3.29. The van der Waals surface area contributed by atoms with E-state index in [1.807, 2.05) is 35.0 Å². The van der Waals surface area contributed by atoms with Crippen LogP contribution < -0.4 is 5.32 Å². The molecule has 0 saturated heterocycles. The van der Waals surface area contributed by atoms with Gasteiger partial charge in [-0.1, -0.05) is 6.07 Å². The summed E-state index contributed by atoms with van der Waals surface area (Å²) in [5.74, 6) is 2.27. The van der Waals surface area contributed by atoms with E-state index in [0.717, 1.165) is 17.3 Å². The van der Waals surface area contributed by atoms with Crippen molar-refractivity contribution in [3.63, 3.8) is 0 Å². The van der Waals surface area contributed by atoms with Crippen molar-refractivity contribution >= 4 is 11.6 Å². The van der Waals surface area contributed by atoms with Crippen molar-refractivity contribution in [1.29, 1.82) is 0 Å². The second-order valence-corrected chi connectivity index (χ2v) is 5.22. The Morgan fingerprint density at radius 2 is 2.05 bits per heavy atom. The fourth-order valence-corrected chi connectivity index (χ4v) is 2.29. The molecule has 0 amide bonds. The third-order valence-corrected chi connectivity index (χ3v) is 3.55. The summed E-state index contributed by atoms with van der Waals surface area (Å²) in [7, 11) is 0. The van der Waals surface area contributed by atoms with Crippen molar-refractivity contribution in [1.82, 2.24) is 19.5 Å². The van der Waals surface area contributed by atoms with Crippen LogP contribution in [-0.4, -0.2) is 19.5 Å². The van der Waals surface area contributed by atoms with E-state index in [0.29, 0.717) is 5.92 Å². The van der Waals surface area contributed by atoms with E-state index >= 15 is 0 Å². The largest absolute Gasteiger partial charge is 0.324 e. The predicted octanol–water partition coefficient (Wildman–Crippen LogP) is 3.28. The summed E-state index contributed by atoms with van der Waals surface area (Å²) >= 11 is 0. The molecule has 1 fully saturated rings. The highest BCUT2D eigenvalue weighted by molar-refractivity contribution is 5.52. The number of hydrogen-bond donors (Lipinski definition) is 1. The minimum absolute atomic E-state index is 0.653. The molecule has 3 aromatic rings. The Bertz CT molecular complexity index is 746. The fourth-order valence-electron chi connectivity index (χ4n) is 2.29. The van der Waals surface area contributed by atoms with Gasteiger partial charge in [-0.05, 0) is 37.1 Å². The molecular formula is C16H15N5. The van der Waals surface area contributed by atoms with Crippen molar-refractivity contribution in [2.24, 2.45) is 0 Å². The first-order valence-corrected chi connectivity index (χ1v) is 7.07. The van der Waals surface area contributed by atoms with E-state index < -0.39 is 0 Å². The number of imidazole rings is 1. The van der Waals surface area contributed by atoms with Gasteiger partial charge in [0.25, 0.3) is 0 Å². The molecule has 1 saturated carbocycles. The SMILES string of the molecule is c1cncc(-n2cnc(Nc3cccc(C4CC4)n3)c2)c1. The molecule has 5 nitrogen and oxygen atoms in total. The van der Waals surface area contributed by atoms with Gasteiger partial charge in [0, 0.05) is 17.8 Å². The standard InChI is InChI=1S/C16H15N5/c1-4-14(12-6-7-12)19-15(5-1)20-16-10-21(11-18-16)13-3-2-8-17-9-13/h1-5,8-12H,6-7H2,(H,19,20). The van der Waals surface area contributed by atoms with Crippen LogP contribution in [0.25, 0.3) is 5.69 Å². The molecule has 0 atom stereocenters. The van der Waals surface area contributed by atoms with E-state index in [9.17, 15) is 0 Å². The Morgan fingerprint density at radius 3 is 2.86 bits per heavy atom. The van der Waals surface area contributed by atoms with E-state index in [-0.39, 0.29) is 0 Å². The van der Waals surface area contributed by atoms with E-state index in [1.165, 1.54) is 18.5 Å². The molecule has 21 heavy (non-hydrogen) atoms. The third kappa shape index (κ3) is 2.63. The van der Waals surface area contributed by atoms with Crippen LogP contribution in [0, 0.1) is 0 Å². The highest BCUT2D eigenvalue weighted by atomic mass is 15.1. The van der Waals surface area contributed by atoms with Crippen LogP contribution in [0.5, 0.6) is 0 Å². The Hall–Kier alpha value is -2.69. The summed E-state index contributed by atoms with van der Waals surface area (Å²) in [4.78, 5) is 13.1. The quantitative estimate of drug-likeness (QED) is 0.795. The van der Waals surface area contributed by atoms with Crippen molar-refractivity contribution in [3.05, 3.63) is 60.9 Å². The highest BCUT2D eigenvalue weighted by Crippen LogP contribution is 2.39. The summed E-state index contributed by atoms with van der Waals surface area (Å²) in [5.41, 5.74) is 2.16. The number of nitrogens with one attached hydrogen (secondary N) is 1. The molecule has 0 aromatic carbocycles. The first-order chi connectivity index (χ1) is 10.4. The second-order valence-electron chi connectivity index (χ2n) is 5.22. The molecule has 1 aliphatic rings. The molecule has 0 aliphatic heterocycles. The Balaban J connectivity index is 1.55. The van der Waals surface area contributed by atoms with E-state index in [4.69, 9.17) is 0 Å². The second kappa shape index (κ2) is 5.01. The smallest absolute Gasteiger partial charge is 0.150 e. The number of nitrogens with zero attached hydrogens (tertiary/aromatic N) is 4. The fraction of sp³-hybridized carbons (Fsp3) is 0.188. The van der Waals surface area contributed by atoms with Crippen LogP contribution >= 0.6 is 0 Å². The van der Waals surface area contributed by atoms with Crippen molar-refractivity contribution in [2.45, 2.75) is 18.8 Å². The zero-order chi connectivity index (χ0) is 14.1. The summed E-state index contributed by atoms with van der Waals surface area (Å²) in [6, 6.07) is 10.0. The predicted molar refractivity (Wildman–Crippen MR) is 80.9 cm³/mol. The first-order valence-electron chi connectivity index (χ1n) is 7.07. The lowest BCUT2D eigenvalue weighted by molar-refractivity contribution is 1.02. The summed E-state index contributed by atoms with van der Waals surface area (Å²) in [6.07, 6.45) is 9.77. The summed E-state index contributed by atoms with van der Waals surface area (Å²) in [5, 5.41) is 3.25.